The fourth-order valence-corrected chi connectivity index (χ4v) is 4.20. The average Bonchev–Trinajstić information content (AvgIpc) is 3.23. The smallest absolute Gasteiger partial charge is 0.274 e. The Labute approximate surface area is 180 Å². The maximum Gasteiger partial charge on any atom is 0.274 e. The standard InChI is InChI=1S/C23H23ClN4O2/c24-18-8-6-17(7-9-18)22-15-28-20(16-30-22)14-21(25-28)23(29)27-12-10-26(11-13-27)19-4-2-1-3-5-19/h1-9,14,22H,10-13,15-16H2. The van der Waals surface area contributed by atoms with Crippen LogP contribution in [0.3, 0.4) is 0 Å². The summed E-state index contributed by atoms with van der Waals surface area (Å²) in [5.41, 5.74) is 3.70. The molecular formula is C23H23ClN4O2. The van der Waals surface area contributed by atoms with Crippen molar-refractivity contribution in [1.82, 2.24) is 14.7 Å². The molecule has 154 valence electrons. The van der Waals surface area contributed by atoms with Gasteiger partial charge in [-0.15, -0.1) is 0 Å². The van der Waals surface area contributed by atoms with Crippen LogP contribution in [0.25, 0.3) is 0 Å². The average molecular weight is 423 g/mol. The first-order chi connectivity index (χ1) is 14.7. The topological polar surface area (TPSA) is 50.6 Å². The van der Waals surface area contributed by atoms with E-state index in [1.54, 1.807) is 0 Å². The predicted molar refractivity (Wildman–Crippen MR) is 116 cm³/mol. The largest absolute Gasteiger partial charge is 0.368 e. The van der Waals surface area contributed by atoms with Crippen LogP contribution >= 0.6 is 11.6 Å². The number of hydrogen-bond donors (Lipinski definition) is 0. The number of carbonyl (C=O) groups is 1. The molecule has 5 rings (SSSR count). The van der Waals surface area contributed by atoms with Gasteiger partial charge in [0.15, 0.2) is 5.69 Å². The fourth-order valence-electron chi connectivity index (χ4n) is 4.08. The minimum absolute atomic E-state index is 0.00680. The number of anilines is 1. The van der Waals surface area contributed by atoms with Crippen LogP contribution < -0.4 is 4.90 Å². The molecule has 1 atom stereocenters. The van der Waals surface area contributed by atoms with Crippen LogP contribution in [0.15, 0.2) is 60.7 Å². The second-order valence-corrected chi connectivity index (χ2v) is 8.11. The van der Waals surface area contributed by atoms with Crippen LogP contribution in [0.1, 0.15) is 27.8 Å². The zero-order chi connectivity index (χ0) is 20.5. The summed E-state index contributed by atoms with van der Waals surface area (Å²) in [5.74, 6) is -0.00680. The molecule has 7 heteroatoms. The highest BCUT2D eigenvalue weighted by Gasteiger charge is 2.28. The number of benzene rings is 2. The van der Waals surface area contributed by atoms with E-state index < -0.39 is 0 Å². The normalized spacial score (nSPS) is 18.9. The Hall–Kier alpha value is -2.83. The lowest BCUT2D eigenvalue weighted by molar-refractivity contribution is -0.00121. The van der Waals surface area contributed by atoms with E-state index in [0.717, 1.165) is 24.3 Å². The van der Waals surface area contributed by atoms with Crippen LogP contribution in [-0.4, -0.2) is 46.8 Å². The minimum atomic E-state index is -0.0907. The van der Waals surface area contributed by atoms with Gasteiger partial charge in [-0.05, 0) is 35.9 Å². The third kappa shape index (κ3) is 3.80. The fraction of sp³-hybridized carbons (Fsp3) is 0.304. The van der Waals surface area contributed by atoms with Crippen LogP contribution in [-0.2, 0) is 17.9 Å². The van der Waals surface area contributed by atoms with Gasteiger partial charge in [0.2, 0.25) is 0 Å². The first kappa shape index (κ1) is 19.2. The molecule has 1 fully saturated rings. The van der Waals surface area contributed by atoms with Crippen molar-refractivity contribution >= 4 is 23.2 Å². The highest BCUT2D eigenvalue weighted by Crippen LogP contribution is 2.28. The van der Waals surface area contributed by atoms with E-state index >= 15 is 0 Å². The van der Waals surface area contributed by atoms with Gasteiger partial charge < -0.3 is 14.5 Å². The maximum absolute atomic E-state index is 13.0. The molecular weight excluding hydrogens is 400 g/mol. The first-order valence-electron chi connectivity index (χ1n) is 10.2. The summed E-state index contributed by atoms with van der Waals surface area (Å²) in [7, 11) is 0. The molecule has 0 radical (unpaired) electrons. The van der Waals surface area contributed by atoms with Gasteiger partial charge >= 0.3 is 0 Å². The molecule has 1 amide bonds. The molecule has 1 unspecified atom stereocenters. The highest BCUT2D eigenvalue weighted by molar-refractivity contribution is 6.30. The molecule has 0 aliphatic carbocycles. The Morgan fingerprint density at radius 3 is 2.47 bits per heavy atom. The van der Waals surface area contributed by atoms with Crippen molar-refractivity contribution in [2.75, 3.05) is 31.1 Å². The Morgan fingerprint density at radius 1 is 1.00 bits per heavy atom. The van der Waals surface area contributed by atoms with E-state index in [2.05, 4.69) is 22.1 Å². The van der Waals surface area contributed by atoms with Crippen molar-refractivity contribution in [2.45, 2.75) is 19.3 Å². The molecule has 2 aliphatic heterocycles. The van der Waals surface area contributed by atoms with Gasteiger partial charge in [0.05, 0.1) is 18.8 Å². The molecule has 0 saturated carbocycles. The van der Waals surface area contributed by atoms with Gasteiger partial charge in [0, 0.05) is 36.9 Å². The monoisotopic (exact) mass is 422 g/mol. The van der Waals surface area contributed by atoms with Crippen molar-refractivity contribution in [3.8, 4) is 0 Å². The van der Waals surface area contributed by atoms with E-state index in [4.69, 9.17) is 16.3 Å². The molecule has 1 saturated heterocycles. The van der Waals surface area contributed by atoms with Crippen molar-refractivity contribution in [2.24, 2.45) is 0 Å². The van der Waals surface area contributed by atoms with Crippen LogP contribution in [0.2, 0.25) is 5.02 Å². The number of para-hydroxylation sites is 1. The molecule has 3 heterocycles. The zero-order valence-corrected chi connectivity index (χ0v) is 17.3. The van der Waals surface area contributed by atoms with Crippen molar-refractivity contribution in [1.29, 1.82) is 0 Å². The van der Waals surface area contributed by atoms with E-state index in [9.17, 15) is 4.79 Å². The number of carbonyl (C=O) groups excluding carboxylic acids is 1. The van der Waals surface area contributed by atoms with Crippen LogP contribution in [0.4, 0.5) is 5.69 Å². The van der Waals surface area contributed by atoms with E-state index in [-0.39, 0.29) is 12.0 Å². The molecule has 3 aromatic rings. The maximum atomic E-state index is 13.0. The lowest BCUT2D eigenvalue weighted by Crippen LogP contribution is -2.48. The minimum Gasteiger partial charge on any atom is -0.368 e. The molecule has 2 aliphatic rings. The number of fused-ring (bicyclic) bond motifs is 1. The van der Waals surface area contributed by atoms with Crippen molar-refractivity contribution in [3.05, 3.63) is 82.6 Å². The molecule has 1 aromatic heterocycles. The third-order valence-corrected chi connectivity index (χ3v) is 6.04. The number of hydrogen-bond acceptors (Lipinski definition) is 4. The van der Waals surface area contributed by atoms with Crippen LogP contribution in [0.5, 0.6) is 0 Å². The summed E-state index contributed by atoms with van der Waals surface area (Å²) in [6.45, 7) is 4.07. The summed E-state index contributed by atoms with van der Waals surface area (Å²) in [5, 5.41) is 5.31. The summed E-state index contributed by atoms with van der Waals surface area (Å²) in [6, 6.07) is 19.9. The molecule has 0 spiro atoms. The molecule has 0 N–H and O–H groups in total. The van der Waals surface area contributed by atoms with E-state index in [1.165, 1.54) is 5.69 Å². The summed E-state index contributed by atoms with van der Waals surface area (Å²) in [4.78, 5) is 17.2. The summed E-state index contributed by atoms with van der Waals surface area (Å²) in [6.07, 6.45) is -0.0907. The lowest BCUT2D eigenvalue weighted by atomic mass is 10.1. The second-order valence-electron chi connectivity index (χ2n) is 7.67. The van der Waals surface area contributed by atoms with Gasteiger partial charge in [0.1, 0.15) is 6.10 Å². The van der Waals surface area contributed by atoms with Gasteiger partial charge in [0.25, 0.3) is 5.91 Å². The lowest BCUT2D eigenvalue weighted by Gasteiger charge is -2.35. The third-order valence-electron chi connectivity index (χ3n) is 5.78. The van der Waals surface area contributed by atoms with E-state index in [1.807, 2.05) is 58.1 Å². The Balaban J connectivity index is 1.24. The summed E-state index contributed by atoms with van der Waals surface area (Å²) >= 11 is 5.98. The first-order valence-corrected chi connectivity index (χ1v) is 10.6. The number of amides is 1. The van der Waals surface area contributed by atoms with E-state index in [0.29, 0.717) is 37.0 Å². The van der Waals surface area contributed by atoms with Gasteiger partial charge in [-0.1, -0.05) is 41.9 Å². The highest BCUT2D eigenvalue weighted by atomic mass is 35.5. The summed E-state index contributed by atoms with van der Waals surface area (Å²) < 4.78 is 7.90. The number of nitrogens with zero attached hydrogens (tertiary/aromatic N) is 4. The SMILES string of the molecule is O=C(c1cc2n(n1)CC(c1ccc(Cl)cc1)OC2)N1CCN(c2ccccc2)CC1. The van der Waals surface area contributed by atoms with Gasteiger partial charge in [-0.25, -0.2) is 0 Å². The number of ether oxygens (including phenoxy) is 1. The predicted octanol–water partition coefficient (Wildman–Crippen LogP) is 3.77. The quantitative estimate of drug-likeness (QED) is 0.644. The van der Waals surface area contributed by atoms with Gasteiger partial charge in [-0.3, -0.25) is 9.48 Å². The van der Waals surface area contributed by atoms with Gasteiger partial charge in [-0.2, -0.15) is 5.10 Å². The van der Waals surface area contributed by atoms with Crippen LogP contribution in [0, 0.1) is 0 Å². The Bertz CT molecular complexity index is 1030. The Morgan fingerprint density at radius 2 is 1.73 bits per heavy atom. The molecule has 6 nitrogen and oxygen atoms in total. The number of piperazine rings is 1. The Kier molecular flexibility index (Phi) is 5.19. The number of halogens is 1. The van der Waals surface area contributed by atoms with Crippen molar-refractivity contribution in [3.63, 3.8) is 0 Å². The molecule has 0 bridgehead atoms. The molecule has 2 aromatic carbocycles. The second kappa shape index (κ2) is 8.13. The number of rotatable bonds is 3. The number of aromatic nitrogens is 2. The molecule has 30 heavy (non-hydrogen) atoms. The zero-order valence-electron chi connectivity index (χ0n) is 16.6. The van der Waals surface area contributed by atoms with Crippen molar-refractivity contribution < 1.29 is 9.53 Å².